The number of fused-ring (bicyclic) bond motifs is 1. The first-order chi connectivity index (χ1) is 13.8. The molecule has 0 aliphatic heterocycles. The molecule has 0 saturated carbocycles. The third-order valence-corrected chi connectivity index (χ3v) is 4.46. The van der Waals surface area contributed by atoms with Gasteiger partial charge < -0.3 is 20.4 Å². The minimum atomic E-state index is 0.550. The fourth-order valence-corrected chi connectivity index (χ4v) is 2.96. The van der Waals surface area contributed by atoms with Crippen molar-refractivity contribution < 1.29 is 4.74 Å². The molecule has 4 rings (SSSR count). The highest BCUT2D eigenvalue weighted by atomic mass is 16.5. The Morgan fingerprint density at radius 1 is 1.07 bits per heavy atom. The second-order valence-corrected chi connectivity index (χ2v) is 6.49. The number of imidazole rings is 1. The van der Waals surface area contributed by atoms with Gasteiger partial charge in [0.05, 0.1) is 12.9 Å². The van der Waals surface area contributed by atoms with Crippen LogP contribution in [-0.4, -0.2) is 26.1 Å². The molecule has 0 aliphatic carbocycles. The Balaban J connectivity index is 1.27. The second kappa shape index (κ2) is 8.39. The smallest absolute Gasteiger partial charge is 0.213 e. The van der Waals surface area contributed by atoms with Gasteiger partial charge >= 0.3 is 0 Å². The Kier molecular flexibility index (Phi) is 5.33. The van der Waals surface area contributed by atoms with Crippen LogP contribution in [-0.2, 0) is 13.1 Å². The summed E-state index contributed by atoms with van der Waals surface area (Å²) >= 11 is 0. The first-order valence-electron chi connectivity index (χ1n) is 9.19. The lowest BCUT2D eigenvalue weighted by Gasteiger charge is -2.09. The van der Waals surface area contributed by atoms with Crippen molar-refractivity contribution in [3.63, 3.8) is 0 Å². The Hall–Kier alpha value is -3.61. The Morgan fingerprint density at radius 2 is 2.04 bits per heavy atom. The molecule has 3 aromatic heterocycles. The minimum Gasteiger partial charge on any atom is -0.478 e. The van der Waals surface area contributed by atoms with E-state index in [9.17, 15) is 0 Å². The van der Waals surface area contributed by atoms with Crippen LogP contribution < -0.4 is 15.8 Å². The summed E-state index contributed by atoms with van der Waals surface area (Å²) in [7, 11) is 0. The summed E-state index contributed by atoms with van der Waals surface area (Å²) in [6.45, 7) is 2.19. The first kappa shape index (κ1) is 17.8. The van der Waals surface area contributed by atoms with Crippen LogP contribution in [0.3, 0.4) is 0 Å². The van der Waals surface area contributed by atoms with E-state index in [0.717, 1.165) is 35.0 Å². The topological polar surface area (TPSA) is 90.9 Å². The third-order valence-electron chi connectivity index (χ3n) is 4.46. The summed E-state index contributed by atoms with van der Waals surface area (Å²) in [4.78, 5) is 12.5. The largest absolute Gasteiger partial charge is 0.478 e. The van der Waals surface area contributed by atoms with Crippen LogP contribution in [0, 0.1) is 0 Å². The molecule has 0 atom stereocenters. The van der Waals surface area contributed by atoms with Crippen molar-refractivity contribution in [2.75, 3.05) is 17.7 Å². The number of nitrogens with zero attached hydrogens (tertiary/aromatic N) is 4. The van der Waals surface area contributed by atoms with Crippen LogP contribution in [0.5, 0.6) is 5.88 Å². The maximum atomic E-state index is 5.90. The number of hydrogen-bond acceptors (Lipinski definition) is 6. The number of nitrogens with one attached hydrogen (secondary N) is 1. The summed E-state index contributed by atoms with van der Waals surface area (Å²) in [5.41, 5.74) is 8.01. The van der Waals surface area contributed by atoms with E-state index >= 15 is 0 Å². The molecule has 28 heavy (non-hydrogen) atoms. The molecular formula is C21H22N6O. The average Bonchev–Trinajstić information content (AvgIpc) is 3.24. The van der Waals surface area contributed by atoms with Gasteiger partial charge in [-0.2, -0.15) is 0 Å². The van der Waals surface area contributed by atoms with Crippen molar-refractivity contribution in [1.29, 1.82) is 0 Å². The lowest BCUT2D eigenvalue weighted by atomic mass is 10.1. The highest BCUT2D eigenvalue weighted by Gasteiger charge is 2.02. The van der Waals surface area contributed by atoms with Crippen molar-refractivity contribution in [3.8, 4) is 5.88 Å². The number of ether oxygens (including phenoxy) is 1. The molecule has 7 heteroatoms. The van der Waals surface area contributed by atoms with Gasteiger partial charge in [-0.1, -0.05) is 6.07 Å². The molecule has 0 fully saturated rings. The molecular weight excluding hydrogens is 352 g/mol. The lowest BCUT2D eigenvalue weighted by Crippen LogP contribution is -2.05. The molecule has 0 spiro atoms. The van der Waals surface area contributed by atoms with Gasteiger partial charge in [-0.25, -0.2) is 15.0 Å². The van der Waals surface area contributed by atoms with Crippen molar-refractivity contribution in [1.82, 2.24) is 19.5 Å². The van der Waals surface area contributed by atoms with Gasteiger partial charge in [-0.3, -0.25) is 0 Å². The summed E-state index contributed by atoms with van der Waals surface area (Å²) in [6.07, 6.45) is 9.99. The van der Waals surface area contributed by atoms with Gasteiger partial charge in [0, 0.05) is 55.0 Å². The van der Waals surface area contributed by atoms with Gasteiger partial charge in [0.15, 0.2) is 0 Å². The van der Waals surface area contributed by atoms with E-state index in [1.807, 2.05) is 47.3 Å². The van der Waals surface area contributed by atoms with Gasteiger partial charge in [0.2, 0.25) is 5.88 Å². The quantitative estimate of drug-likeness (QED) is 0.459. The number of benzene rings is 1. The summed E-state index contributed by atoms with van der Waals surface area (Å²) < 4.78 is 7.73. The fourth-order valence-electron chi connectivity index (χ4n) is 2.96. The van der Waals surface area contributed by atoms with Crippen LogP contribution >= 0.6 is 0 Å². The molecule has 0 aliphatic rings. The number of rotatable bonds is 8. The molecule has 142 valence electrons. The van der Waals surface area contributed by atoms with E-state index in [2.05, 4.69) is 26.3 Å². The molecule has 0 bridgehead atoms. The first-order valence-corrected chi connectivity index (χ1v) is 9.19. The number of nitrogen functional groups attached to an aromatic ring is 1. The predicted octanol–water partition coefficient (Wildman–Crippen LogP) is 3.49. The molecule has 0 amide bonds. The van der Waals surface area contributed by atoms with Crippen LogP contribution in [0.25, 0.3) is 10.8 Å². The summed E-state index contributed by atoms with van der Waals surface area (Å²) in [5, 5.41) is 5.44. The fraction of sp³-hybridized carbons (Fsp3) is 0.190. The van der Waals surface area contributed by atoms with Crippen molar-refractivity contribution in [2.45, 2.75) is 19.5 Å². The van der Waals surface area contributed by atoms with Crippen LogP contribution in [0.15, 0.2) is 67.5 Å². The molecule has 7 nitrogen and oxygen atoms in total. The van der Waals surface area contributed by atoms with Crippen LogP contribution in [0.4, 0.5) is 11.5 Å². The van der Waals surface area contributed by atoms with E-state index in [4.69, 9.17) is 10.5 Å². The highest BCUT2D eigenvalue weighted by molar-refractivity contribution is 5.92. The normalized spacial score (nSPS) is 10.9. The second-order valence-electron chi connectivity index (χ2n) is 6.49. The van der Waals surface area contributed by atoms with Crippen molar-refractivity contribution >= 4 is 22.3 Å². The standard InChI is InChI=1S/C21H22N6O/c22-21-19-4-3-18(12-17(19)6-7-24-21)25-13-16-2-5-20(26-14-16)28-11-1-9-27-10-8-23-15-27/h2-8,10,12,14-15,25H,1,9,11,13H2,(H2,22,24). The Bertz CT molecular complexity index is 1030. The van der Waals surface area contributed by atoms with Gasteiger partial charge in [0.1, 0.15) is 5.82 Å². The van der Waals surface area contributed by atoms with E-state index in [1.54, 1.807) is 18.7 Å². The Labute approximate surface area is 163 Å². The molecule has 0 unspecified atom stereocenters. The predicted molar refractivity (Wildman–Crippen MR) is 110 cm³/mol. The number of anilines is 2. The molecule has 1 aromatic carbocycles. The van der Waals surface area contributed by atoms with Crippen LogP contribution in [0.2, 0.25) is 0 Å². The lowest BCUT2D eigenvalue weighted by molar-refractivity contribution is 0.290. The monoisotopic (exact) mass is 374 g/mol. The molecule has 3 heterocycles. The van der Waals surface area contributed by atoms with E-state index < -0.39 is 0 Å². The average molecular weight is 374 g/mol. The molecule has 0 saturated heterocycles. The van der Waals surface area contributed by atoms with Crippen molar-refractivity contribution in [3.05, 3.63) is 73.1 Å². The minimum absolute atomic E-state index is 0.550. The number of nitrogens with two attached hydrogens (primary N) is 1. The Morgan fingerprint density at radius 3 is 2.86 bits per heavy atom. The maximum absolute atomic E-state index is 5.90. The van der Waals surface area contributed by atoms with Gasteiger partial charge in [-0.05, 0) is 41.6 Å². The number of aryl methyl sites for hydroxylation is 1. The summed E-state index contributed by atoms with van der Waals surface area (Å²) in [6, 6.07) is 11.9. The molecule has 3 N–H and O–H groups in total. The molecule has 0 radical (unpaired) electrons. The zero-order valence-electron chi connectivity index (χ0n) is 15.5. The zero-order chi connectivity index (χ0) is 19.2. The van der Waals surface area contributed by atoms with E-state index in [0.29, 0.717) is 24.8 Å². The van der Waals surface area contributed by atoms with Gasteiger partial charge in [0.25, 0.3) is 0 Å². The highest BCUT2D eigenvalue weighted by Crippen LogP contribution is 2.22. The van der Waals surface area contributed by atoms with Crippen molar-refractivity contribution in [2.24, 2.45) is 0 Å². The molecule has 4 aromatic rings. The van der Waals surface area contributed by atoms with E-state index in [-0.39, 0.29) is 0 Å². The van der Waals surface area contributed by atoms with Gasteiger partial charge in [-0.15, -0.1) is 0 Å². The SMILES string of the molecule is Nc1nccc2cc(NCc3ccc(OCCCn4ccnc4)nc3)ccc12. The maximum Gasteiger partial charge on any atom is 0.213 e. The van der Waals surface area contributed by atoms with Crippen LogP contribution in [0.1, 0.15) is 12.0 Å². The van der Waals surface area contributed by atoms with E-state index in [1.165, 1.54) is 0 Å². The number of hydrogen-bond donors (Lipinski definition) is 2. The number of aromatic nitrogens is 4. The third kappa shape index (κ3) is 4.37. The summed E-state index contributed by atoms with van der Waals surface area (Å²) in [5.74, 6) is 1.19. The number of pyridine rings is 2. The zero-order valence-corrected chi connectivity index (χ0v) is 15.5.